The molecule has 0 spiro atoms. The first-order valence-corrected chi connectivity index (χ1v) is 10.6. The summed E-state index contributed by atoms with van der Waals surface area (Å²) < 4.78 is 6.07. The first kappa shape index (κ1) is 14.5. The average molecular weight is 470 g/mol. The molecule has 0 atom stereocenters. The fourth-order valence-corrected chi connectivity index (χ4v) is 7.67. The molecule has 2 nitrogen and oxygen atoms in total. The molecular weight excluding hydrogens is 451 g/mol. The SMILES string of the molecule is Cc1[te]c(C)c(/N=N/c2c(C)[te]c(C)c2C)c1C. The van der Waals surface area contributed by atoms with Gasteiger partial charge in [-0.25, -0.2) is 0 Å². The zero-order valence-corrected chi connectivity index (χ0v) is 16.4. The van der Waals surface area contributed by atoms with E-state index in [2.05, 4.69) is 51.8 Å². The molecule has 2 aromatic heterocycles. The first-order valence-electron chi connectivity index (χ1n) is 5.96. The Morgan fingerprint density at radius 3 is 1.11 bits per heavy atom. The number of hydrogen-bond donors (Lipinski definition) is 0. The van der Waals surface area contributed by atoms with Gasteiger partial charge in [-0.15, -0.1) is 0 Å². The van der Waals surface area contributed by atoms with Crippen LogP contribution in [0.2, 0.25) is 0 Å². The van der Waals surface area contributed by atoms with E-state index in [0.29, 0.717) is 0 Å². The summed E-state index contributed by atoms with van der Waals surface area (Å²) in [5.74, 6) is 0. The van der Waals surface area contributed by atoms with Crippen LogP contribution in [0.15, 0.2) is 10.2 Å². The van der Waals surface area contributed by atoms with Gasteiger partial charge in [-0.1, -0.05) is 0 Å². The molecule has 0 saturated carbocycles. The van der Waals surface area contributed by atoms with Crippen LogP contribution in [-0.4, -0.2) is 40.9 Å². The Balaban J connectivity index is 2.42. The molecule has 96 valence electrons. The minimum absolute atomic E-state index is 0.116. The van der Waals surface area contributed by atoms with Crippen LogP contribution in [-0.2, 0) is 0 Å². The van der Waals surface area contributed by atoms with E-state index >= 15 is 0 Å². The normalized spacial score (nSPS) is 11.7. The number of aryl methyl sites for hydroxylation is 4. The molecule has 0 fully saturated rings. The summed E-state index contributed by atoms with van der Waals surface area (Å²) >= 11 is -0.231. The van der Waals surface area contributed by atoms with Crippen molar-refractivity contribution in [3.63, 3.8) is 0 Å². The van der Waals surface area contributed by atoms with Crippen molar-refractivity contribution in [1.82, 2.24) is 0 Å². The van der Waals surface area contributed by atoms with Crippen molar-refractivity contribution in [2.24, 2.45) is 10.2 Å². The van der Waals surface area contributed by atoms with Gasteiger partial charge in [0.05, 0.1) is 0 Å². The van der Waals surface area contributed by atoms with Crippen molar-refractivity contribution in [2.75, 3.05) is 0 Å². The van der Waals surface area contributed by atoms with Gasteiger partial charge in [0, 0.05) is 0 Å². The van der Waals surface area contributed by atoms with Gasteiger partial charge in [0.2, 0.25) is 0 Å². The van der Waals surface area contributed by atoms with Crippen LogP contribution in [0.1, 0.15) is 25.4 Å². The molecule has 0 aromatic carbocycles. The van der Waals surface area contributed by atoms with Gasteiger partial charge in [0.1, 0.15) is 0 Å². The first-order chi connectivity index (χ1) is 8.41. The van der Waals surface area contributed by atoms with E-state index in [1.807, 2.05) is 0 Å². The molecule has 2 heterocycles. The molecule has 0 aliphatic carbocycles. The molecular formula is C14H18N2Te2. The maximum atomic E-state index is 4.56. The van der Waals surface area contributed by atoms with Crippen molar-refractivity contribution >= 4 is 52.2 Å². The molecule has 4 heteroatoms. The predicted octanol–water partition coefficient (Wildman–Crippen LogP) is 4.07. The minimum atomic E-state index is -0.116. The summed E-state index contributed by atoms with van der Waals surface area (Å²) in [7, 11) is 0. The van der Waals surface area contributed by atoms with Crippen LogP contribution < -0.4 is 0 Å². The molecule has 0 amide bonds. The number of nitrogens with zero attached hydrogens (tertiary/aromatic N) is 2. The fourth-order valence-electron chi connectivity index (χ4n) is 1.96. The monoisotopic (exact) mass is 474 g/mol. The fraction of sp³-hybridized carbons (Fsp3) is 0.429. The Morgan fingerprint density at radius 1 is 0.556 bits per heavy atom. The van der Waals surface area contributed by atoms with Gasteiger partial charge < -0.3 is 0 Å². The quantitative estimate of drug-likeness (QED) is 0.468. The van der Waals surface area contributed by atoms with E-state index in [9.17, 15) is 0 Å². The van der Waals surface area contributed by atoms with Gasteiger partial charge in [0.25, 0.3) is 0 Å². The van der Waals surface area contributed by atoms with Gasteiger partial charge >= 0.3 is 129 Å². The van der Waals surface area contributed by atoms with Crippen LogP contribution in [0, 0.1) is 41.5 Å². The summed E-state index contributed by atoms with van der Waals surface area (Å²) in [4.78, 5) is 0. The van der Waals surface area contributed by atoms with Gasteiger partial charge in [0.15, 0.2) is 0 Å². The second-order valence-electron chi connectivity index (χ2n) is 4.58. The van der Waals surface area contributed by atoms with Crippen molar-refractivity contribution in [2.45, 2.75) is 41.5 Å². The Morgan fingerprint density at radius 2 is 0.889 bits per heavy atom. The number of azo groups is 1. The standard InChI is InChI=1S/C14H18N2Te2/c1-7-9(3)17-11(5)13(7)15-16-14-8(2)10(4)18-12(14)6/h1-6H3/b16-15+. The molecule has 0 aliphatic rings. The third kappa shape index (κ3) is 2.68. The second-order valence-corrected chi connectivity index (χ2v) is 12.7. The summed E-state index contributed by atoms with van der Waals surface area (Å²) in [6.45, 7) is 13.3. The zero-order chi connectivity index (χ0) is 13.4. The van der Waals surface area contributed by atoms with E-state index in [0.717, 1.165) is 11.4 Å². The van der Waals surface area contributed by atoms with E-state index in [4.69, 9.17) is 0 Å². The Bertz CT molecular complexity index is 564. The van der Waals surface area contributed by atoms with Crippen LogP contribution in [0.3, 0.4) is 0 Å². The number of hydrogen-bond acceptors (Lipinski definition) is 2. The molecule has 0 unspecified atom stereocenters. The molecule has 2 rings (SSSR count). The Kier molecular flexibility index (Phi) is 4.56. The predicted molar refractivity (Wildman–Crippen MR) is 79.4 cm³/mol. The summed E-state index contributed by atoms with van der Waals surface area (Å²) in [6.07, 6.45) is 0. The van der Waals surface area contributed by atoms with Crippen molar-refractivity contribution in [3.05, 3.63) is 25.4 Å². The van der Waals surface area contributed by atoms with Crippen molar-refractivity contribution < 1.29 is 0 Å². The van der Waals surface area contributed by atoms with Crippen LogP contribution in [0.5, 0.6) is 0 Å². The summed E-state index contributed by atoms with van der Waals surface area (Å²) in [5, 5.41) is 9.12. The molecule has 0 bridgehead atoms. The molecule has 18 heavy (non-hydrogen) atoms. The molecule has 0 saturated heterocycles. The summed E-state index contributed by atoms with van der Waals surface area (Å²) in [5.41, 5.74) is 5.05. The van der Waals surface area contributed by atoms with Gasteiger partial charge in [-0.3, -0.25) is 0 Å². The van der Waals surface area contributed by atoms with Crippen LogP contribution in [0.25, 0.3) is 0 Å². The third-order valence-corrected chi connectivity index (χ3v) is 9.64. The van der Waals surface area contributed by atoms with E-state index in [1.165, 1.54) is 18.3 Å². The van der Waals surface area contributed by atoms with Crippen molar-refractivity contribution in [1.29, 1.82) is 0 Å². The van der Waals surface area contributed by atoms with Crippen LogP contribution in [0.4, 0.5) is 11.4 Å². The number of rotatable bonds is 2. The molecule has 0 aliphatic heterocycles. The van der Waals surface area contributed by atoms with Crippen molar-refractivity contribution in [3.8, 4) is 0 Å². The summed E-state index contributed by atoms with van der Waals surface area (Å²) in [6, 6.07) is 0. The van der Waals surface area contributed by atoms with Gasteiger partial charge in [-0.05, 0) is 0 Å². The second kappa shape index (κ2) is 5.64. The Labute approximate surface area is 128 Å². The van der Waals surface area contributed by atoms with E-state index < -0.39 is 0 Å². The average Bonchev–Trinajstić information content (AvgIpc) is 2.67. The molecule has 2 aromatic rings. The van der Waals surface area contributed by atoms with E-state index in [-0.39, 0.29) is 40.9 Å². The third-order valence-electron chi connectivity index (χ3n) is 3.30. The van der Waals surface area contributed by atoms with Gasteiger partial charge in [-0.2, -0.15) is 0 Å². The maximum absolute atomic E-state index is 4.56. The Hall–Kier alpha value is 0.139. The molecule has 0 radical (unpaired) electrons. The van der Waals surface area contributed by atoms with Crippen LogP contribution >= 0.6 is 0 Å². The zero-order valence-electron chi connectivity index (χ0n) is 11.7. The van der Waals surface area contributed by atoms with E-state index in [1.54, 1.807) is 7.16 Å². The molecule has 0 N–H and O–H groups in total. The topological polar surface area (TPSA) is 24.7 Å².